The summed E-state index contributed by atoms with van der Waals surface area (Å²) in [4.78, 5) is 0. The van der Waals surface area contributed by atoms with Crippen LogP contribution in [0, 0.1) is 6.58 Å². The first-order chi connectivity index (χ1) is 4.43. The fourth-order valence-electron chi connectivity index (χ4n) is 0.524. The number of rotatable bonds is 3. The summed E-state index contributed by atoms with van der Waals surface area (Å²) in [5, 5.41) is 5.78. The minimum absolute atomic E-state index is 0.880. The smallest absolute Gasteiger partial charge is 0.0758 e. The van der Waals surface area contributed by atoms with Crippen molar-refractivity contribution < 1.29 is 0 Å². The molecule has 0 aliphatic carbocycles. The topological polar surface area (TPSA) is 25.8 Å². The number of aromatic nitrogens is 2. The van der Waals surface area contributed by atoms with E-state index in [1.807, 2.05) is 5.38 Å². The van der Waals surface area contributed by atoms with E-state index in [4.69, 9.17) is 6.58 Å². The number of aryl methyl sites for hydroxylation is 1. The first-order valence-electron chi connectivity index (χ1n) is 2.73. The highest BCUT2D eigenvalue weighted by Crippen LogP contribution is 2.00. The summed E-state index contributed by atoms with van der Waals surface area (Å²) >= 11 is 1.37. The molecule has 47 valence electrons. The van der Waals surface area contributed by atoms with Gasteiger partial charge in [-0.3, -0.25) is 0 Å². The molecule has 1 aromatic heterocycles. The van der Waals surface area contributed by atoms with Crippen LogP contribution >= 0.6 is 11.5 Å². The van der Waals surface area contributed by atoms with E-state index in [0.717, 1.165) is 18.5 Å². The number of hydrogen-bond donors (Lipinski definition) is 0. The molecule has 1 heterocycles. The predicted octanol–water partition coefficient (Wildman–Crippen LogP) is 1.46. The lowest BCUT2D eigenvalue weighted by molar-refractivity contribution is 0.922. The third kappa shape index (κ3) is 1.93. The van der Waals surface area contributed by atoms with Gasteiger partial charge in [-0.2, -0.15) is 0 Å². The van der Waals surface area contributed by atoms with Crippen LogP contribution in [-0.4, -0.2) is 9.59 Å². The predicted molar refractivity (Wildman–Crippen MR) is 37.1 cm³/mol. The number of hydrogen-bond acceptors (Lipinski definition) is 3. The molecule has 1 radical (unpaired) electrons. The first-order valence-corrected chi connectivity index (χ1v) is 3.56. The molecule has 0 saturated carbocycles. The molecule has 0 atom stereocenters. The standard InChI is InChI=1S/C6H7N2S/c1-2-3-4-6-5-9-8-7-6/h1-2,5H,3-4H2. The summed E-state index contributed by atoms with van der Waals surface area (Å²) in [5.74, 6) is 0. The molecule has 9 heavy (non-hydrogen) atoms. The van der Waals surface area contributed by atoms with Crippen molar-refractivity contribution >= 4 is 11.5 Å². The minimum Gasteiger partial charge on any atom is -0.143 e. The molecule has 0 amide bonds. The second-order valence-corrected chi connectivity index (χ2v) is 2.28. The summed E-state index contributed by atoms with van der Waals surface area (Å²) in [6.07, 6.45) is 3.43. The van der Waals surface area contributed by atoms with Gasteiger partial charge in [-0.25, -0.2) is 0 Å². The maximum Gasteiger partial charge on any atom is 0.0758 e. The molecular formula is C6H7N2S. The first kappa shape index (κ1) is 6.42. The fraction of sp³-hybridized carbons (Fsp3) is 0.333. The van der Waals surface area contributed by atoms with Crippen LogP contribution in [0.1, 0.15) is 12.1 Å². The van der Waals surface area contributed by atoms with Gasteiger partial charge >= 0.3 is 0 Å². The normalized spacial score (nSPS) is 9.33. The van der Waals surface area contributed by atoms with Crippen LogP contribution in [0.25, 0.3) is 0 Å². The molecule has 0 aliphatic heterocycles. The van der Waals surface area contributed by atoms with Gasteiger partial charge in [0.15, 0.2) is 0 Å². The van der Waals surface area contributed by atoms with Crippen molar-refractivity contribution in [3.63, 3.8) is 0 Å². The minimum atomic E-state index is 0.880. The molecule has 0 N–H and O–H groups in total. The summed E-state index contributed by atoms with van der Waals surface area (Å²) < 4.78 is 3.71. The quantitative estimate of drug-likeness (QED) is 0.633. The van der Waals surface area contributed by atoms with Crippen molar-refractivity contribution in [2.24, 2.45) is 0 Å². The summed E-state index contributed by atoms with van der Waals surface area (Å²) in [6, 6.07) is 0. The molecule has 2 nitrogen and oxygen atoms in total. The van der Waals surface area contributed by atoms with Gasteiger partial charge in [-0.1, -0.05) is 17.1 Å². The van der Waals surface area contributed by atoms with Gasteiger partial charge in [0.25, 0.3) is 0 Å². The Morgan fingerprint density at radius 2 is 2.67 bits per heavy atom. The lowest BCUT2D eigenvalue weighted by atomic mass is 10.3. The SMILES string of the molecule is [CH]=CCCc1csnn1. The summed E-state index contributed by atoms with van der Waals surface area (Å²) in [7, 11) is 0. The van der Waals surface area contributed by atoms with E-state index in [9.17, 15) is 0 Å². The molecule has 1 rings (SSSR count). The van der Waals surface area contributed by atoms with Gasteiger partial charge in [0.1, 0.15) is 0 Å². The highest BCUT2D eigenvalue weighted by molar-refractivity contribution is 7.03. The molecule has 0 saturated heterocycles. The second-order valence-electron chi connectivity index (χ2n) is 1.67. The van der Waals surface area contributed by atoms with E-state index in [2.05, 4.69) is 9.59 Å². The van der Waals surface area contributed by atoms with E-state index in [1.54, 1.807) is 6.08 Å². The lowest BCUT2D eigenvalue weighted by Crippen LogP contribution is -1.81. The molecule has 0 unspecified atom stereocenters. The van der Waals surface area contributed by atoms with E-state index in [0.29, 0.717) is 0 Å². The highest BCUT2D eigenvalue weighted by atomic mass is 32.1. The molecule has 0 aliphatic rings. The van der Waals surface area contributed by atoms with Crippen LogP contribution in [-0.2, 0) is 6.42 Å². The molecule has 0 spiro atoms. The van der Waals surface area contributed by atoms with Crippen LogP contribution in [0.2, 0.25) is 0 Å². The van der Waals surface area contributed by atoms with Crippen LogP contribution in [0.15, 0.2) is 11.5 Å². The molecular weight excluding hydrogens is 132 g/mol. The maximum absolute atomic E-state index is 5.18. The zero-order chi connectivity index (χ0) is 6.53. The zero-order valence-corrected chi connectivity index (χ0v) is 5.77. The second kappa shape index (κ2) is 3.35. The average Bonchev–Trinajstić information content (AvgIpc) is 2.34. The van der Waals surface area contributed by atoms with Gasteiger partial charge in [0.05, 0.1) is 5.69 Å². The maximum atomic E-state index is 5.18. The Hall–Kier alpha value is -0.700. The van der Waals surface area contributed by atoms with Gasteiger partial charge in [-0.05, 0) is 24.4 Å². The molecule has 0 fully saturated rings. The third-order valence-electron chi connectivity index (χ3n) is 0.972. The summed E-state index contributed by atoms with van der Waals surface area (Å²) in [5.41, 5.74) is 1.03. The average molecular weight is 139 g/mol. The molecule has 0 aromatic carbocycles. The fourth-order valence-corrected chi connectivity index (χ4v) is 1.01. The van der Waals surface area contributed by atoms with Crippen molar-refractivity contribution in [3.05, 3.63) is 23.7 Å². The zero-order valence-electron chi connectivity index (χ0n) is 4.95. The van der Waals surface area contributed by atoms with E-state index < -0.39 is 0 Å². The van der Waals surface area contributed by atoms with Crippen LogP contribution in [0.4, 0.5) is 0 Å². The lowest BCUT2D eigenvalue weighted by Gasteiger charge is -1.84. The Morgan fingerprint density at radius 3 is 3.22 bits per heavy atom. The molecule has 0 bridgehead atoms. The van der Waals surface area contributed by atoms with Crippen LogP contribution in [0.5, 0.6) is 0 Å². The van der Waals surface area contributed by atoms with Gasteiger partial charge < -0.3 is 0 Å². The van der Waals surface area contributed by atoms with Gasteiger partial charge in [-0.15, -0.1) is 5.10 Å². The van der Waals surface area contributed by atoms with Crippen molar-refractivity contribution in [3.8, 4) is 0 Å². The third-order valence-corrected chi connectivity index (χ3v) is 1.53. The Bertz CT molecular complexity index is 169. The Kier molecular flexibility index (Phi) is 2.39. The Labute approximate surface area is 58.4 Å². The van der Waals surface area contributed by atoms with Gasteiger partial charge in [0.2, 0.25) is 0 Å². The van der Waals surface area contributed by atoms with E-state index >= 15 is 0 Å². The van der Waals surface area contributed by atoms with E-state index in [1.165, 1.54) is 11.5 Å². The Balaban J connectivity index is 2.38. The number of allylic oxidation sites excluding steroid dienone is 1. The molecule has 1 aromatic rings. The number of nitrogens with zero attached hydrogens (tertiary/aromatic N) is 2. The van der Waals surface area contributed by atoms with Crippen LogP contribution < -0.4 is 0 Å². The van der Waals surface area contributed by atoms with Crippen molar-refractivity contribution in [2.45, 2.75) is 12.8 Å². The van der Waals surface area contributed by atoms with Crippen molar-refractivity contribution in [1.29, 1.82) is 0 Å². The highest BCUT2D eigenvalue weighted by Gasteiger charge is 1.91. The monoisotopic (exact) mass is 139 g/mol. The van der Waals surface area contributed by atoms with Gasteiger partial charge in [0, 0.05) is 5.38 Å². The molecule has 3 heteroatoms. The largest absolute Gasteiger partial charge is 0.143 e. The van der Waals surface area contributed by atoms with Crippen LogP contribution in [0.3, 0.4) is 0 Å². The van der Waals surface area contributed by atoms with Crippen molar-refractivity contribution in [2.75, 3.05) is 0 Å². The van der Waals surface area contributed by atoms with E-state index in [-0.39, 0.29) is 0 Å². The summed E-state index contributed by atoms with van der Waals surface area (Å²) in [6.45, 7) is 5.18. The van der Waals surface area contributed by atoms with Crippen molar-refractivity contribution in [1.82, 2.24) is 9.59 Å². The Morgan fingerprint density at radius 1 is 1.78 bits per heavy atom.